The second-order valence-corrected chi connectivity index (χ2v) is 6.18. The van der Waals surface area contributed by atoms with Gasteiger partial charge in [-0.2, -0.15) is 5.10 Å². The monoisotopic (exact) mass is 328 g/mol. The van der Waals surface area contributed by atoms with Crippen molar-refractivity contribution in [2.24, 2.45) is 0 Å². The molecule has 24 heavy (non-hydrogen) atoms. The van der Waals surface area contributed by atoms with Gasteiger partial charge in [0.1, 0.15) is 12.3 Å². The zero-order valence-electron chi connectivity index (χ0n) is 14.5. The highest BCUT2D eigenvalue weighted by Gasteiger charge is 2.28. The summed E-state index contributed by atoms with van der Waals surface area (Å²) in [5.41, 5.74) is 2.09. The number of piperazine rings is 1. The molecule has 2 heterocycles. The van der Waals surface area contributed by atoms with E-state index >= 15 is 0 Å². The van der Waals surface area contributed by atoms with Crippen LogP contribution < -0.4 is 9.64 Å². The van der Waals surface area contributed by atoms with E-state index in [0.29, 0.717) is 13.1 Å². The first kappa shape index (κ1) is 16.4. The Balaban J connectivity index is 1.67. The lowest BCUT2D eigenvalue weighted by Gasteiger charge is -2.41. The number of rotatable bonds is 4. The van der Waals surface area contributed by atoms with Crippen LogP contribution in [0.15, 0.2) is 36.5 Å². The highest BCUT2D eigenvalue weighted by Crippen LogP contribution is 2.29. The first-order valence-electron chi connectivity index (χ1n) is 8.26. The number of carbonyl (C=O) groups is 1. The highest BCUT2D eigenvalue weighted by molar-refractivity contribution is 5.77. The number of hydrogen-bond donors (Lipinski definition) is 0. The van der Waals surface area contributed by atoms with Crippen molar-refractivity contribution in [2.75, 3.05) is 31.6 Å². The molecule has 0 radical (unpaired) electrons. The molecule has 0 N–H and O–H groups in total. The zero-order chi connectivity index (χ0) is 17.1. The molecular formula is C18H24N4O2. The Labute approximate surface area is 142 Å². The molecule has 0 saturated carbocycles. The topological polar surface area (TPSA) is 50.6 Å². The molecule has 1 saturated heterocycles. The van der Waals surface area contributed by atoms with Crippen LogP contribution in [-0.4, -0.2) is 53.4 Å². The lowest BCUT2D eigenvalue weighted by Crippen LogP contribution is -2.55. The van der Waals surface area contributed by atoms with Gasteiger partial charge in [0, 0.05) is 37.6 Å². The Morgan fingerprint density at radius 1 is 1.29 bits per heavy atom. The number of aryl methyl sites for hydroxylation is 1. The second kappa shape index (κ2) is 6.95. The maximum absolute atomic E-state index is 12.6. The van der Waals surface area contributed by atoms with Gasteiger partial charge in [0.2, 0.25) is 5.91 Å². The first-order valence-corrected chi connectivity index (χ1v) is 8.26. The summed E-state index contributed by atoms with van der Waals surface area (Å²) < 4.78 is 7.21. The fraction of sp³-hybridized carbons (Fsp3) is 0.444. The van der Waals surface area contributed by atoms with Crippen molar-refractivity contribution in [3.05, 3.63) is 42.2 Å². The van der Waals surface area contributed by atoms with Crippen LogP contribution in [-0.2, 0) is 11.3 Å². The van der Waals surface area contributed by atoms with Crippen LogP contribution in [0.25, 0.3) is 0 Å². The van der Waals surface area contributed by atoms with Crippen LogP contribution in [0.1, 0.15) is 12.6 Å². The van der Waals surface area contributed by atoms with E-state index in [2.05, 4.69) is 23.0 Å². The highest BCUT2D eigenvalue weighted by atomic mass is 16.5. The van der Waals surface area contributed by atoms with Crippen molar-refractivity contribution in [3.8, 4) is 5.75 Å². The largest absolute Gasteiger partial charge is 0.495 e. The van der Waals surface area contributed by atoms with E-state index in [1.165, 1.54) is 0 Å². The van der Waals surface area contributed by atoms with Gasteiger partial charge >= 0.3 is 0 Å². The predicted molar refractivity (Wildman–Crippen MR) is 93.3 cm³/mol. The number of para-hydroxylation sites is 2. The third-order valence-corrected chi connectivity index (χ3v) is 4.59. The summed E-state index contributed by atoms with van der Waals surface area (Å²) in [6.45, 7) is 6.66. The zero-order valence-corrected chi connectivity index (χ0v) is 14.5. The van der Waals surface area contributed by atoms with E-state index in [1.54, 1.807) is 18.0 Å². The minimum atomic E-state index is 0.119. The molecule has 0 aliphatic carbocycles. The average Bonchev–Trinajstić information content (AvgIpc) is 2.99. The van der Waals surface area contributed by atoms with Crippen LogP contribution in [0.2, 0.25) is 0 Å². The van der Waals surface area contributed by atoms with Crippen molar-refractivity contribution in [1.82, 2.24) is 14.7 Å². The Kier molecular flexibility index (Phi) is 4.74. The normalized spacial score (nSPS) is 17.9. The molecule has 1 fully saturated rings. The third kappa shape index (κ3) is 3.22. The maximum atomic E-state index is 12.6. The summed E-state index contributed by atoms with van der Waals surface area (Å²) in [4.78, 5) is 16.9. The Hall–Kier alpha value is -2.50. The number of nitrogens with zero attached hydrogens (tertiary/aromatic N) is 4. The molecule has 6 nitrogen and oxygen atoms in total. The van der Waals surface area contributed by atoms with Crippen LogP contribution >= 0.6 is 0 Å². The number of methoxy groups -OCH3 is 1. The molecule has 1 amide bonds. The quantitative estimate of drug-likeness (QED) is 0.861. The summed E-state index contributed by atoms with van der Waals surface area (Å²) in [6.07, 6.45) is 1.73. The number of anilines is 1. The number of amides is 1. The molecule has 2 aromatic rings. The molecule has 1 aliphatic rings. The van der Waals surface area contributed by atoms with Crippen LogP contribution in [0.5, 0.6) is 5.75 Å². The predicted octanol–water partition coefficient (Wildman–Crippen LogP) is 1.94. The summed E-state index contributed by atoms with van der Waals surface area (Å²) >= 11 is 0. The third-order valence-electron chi connectivity index (χ3n) is 4.59. The van der Waals surface area contributed by atoms with Gasteiger partial charge in [-0.3, -0.25) is 9.48 Å². The minimum Gasteiger partial charge on any atom is -0.495 e. The minimum absolute atomic E-state index is 0.119. The number of benzene rings is 1. The molecule has 1 aliphatic heterocycles. The van der Waals surface area contributed by atoms with Crippen molar-refractivity contribution in [1.29, 1.82) is 0 Å². The lowest BCUT2D eigenvalue weighted by molar-refractivity contribution is -0.134. The van der Waals surface area contributed by atoms with Gasteiger partial charge in [-0.05, 0) is 32.0 Å². The fourth-order valence-corrected chi connectivity index (χ4v) is 3.22. The number of ether oxygens (including phenoxy) is 1. The summed E-state index contributed by atoms with van der Waals surface area (Å²) in [5.74, 6) is 0.991. The van der Waals surface area contributed by atoms with Crippen LogP contribution in [0.4, 0.5) is 5.69 Å². The van der Waals surface area contributed by atoms with E-state index in [1.807, 2.05) is 36.1 Å². The second-order valence-electron chi connectivity index (χ2n) is 6.18. The van der Waals surface area contributed by atoms with Crippen molar-refractivity contribution in [2.45, 2.75) is 26.4 Å². The Morgan fingerprint density at radius 2 is 2.08 bits per heavy atom. The molecule has 6 heteroatoms. The molecule has 3 rings (SSSR count). The molecular weight excluding hydrogens is 304 g/mol. The summed E-state index contributed by atoms with van der Waals surface area (Å²) in [5, 5.41) is 4.20. The van der Waals surface area contributed by atoms with Crippen molar-refractivity contribution < 1.29 is 9.53 Å². The molecule has 0 spiro atoms. The van der Waals surface area contributed by atoms with E-state index < -0.39 is 0 Å². The van der Waals surface area contributed by atoms with Crippen molar-refractivity contribution in [3.63, 3.8) is 0 Å². The van der Waals surface area contributed by atoms with Gasteiger partial charge in [0.25, 0.3) is 0 Å². The molecule has 0 bridgehead atoms. The van der Waals surface area contributed by atoms with Gasteiger partial charge in [0.05, 0.1) is 12.8 Å². The van der Waals surface area contributed by atoms with Crippen LogP contribution in [0, 0.1) is 6.92 Å². The summed E-state index contributed by atoms with van der Waals surface area (Å²) in [6, 6.07) is 10.1. The van der Waals surface area contributed by atoms with E-state index in [9.17, 15) is 4.79 Å². The van der Waals surface area contributed by atoms with Crippen LogP contribution in [0.3, 0.4) is 0 Å². The maximum Gasteiger partial charge on any atom is 0.244 e. The number of hydrogen-bond acceptors (Lipinski definition) is 4. The Bertz CT molecular complexity index is 713. The van der Waals surface area contributed by atoms with Crippen molar-refractivity contribution >= 4 is 11.6 Å². The van der Waals surface area contributed by atoms with Gasteiger partial charge in [-0.15, -0.1) is 0 Å². The van der Waals surface area contributed by atoms with E-state index in [-0.39, 0.29) is 11.9 Å². The molecule has 1 atom stereocenters. The molecule has 0 unspecified atom stereocenters. The lowest BCUT2D eigenvalue weighted by atomic mass is 10.1. The summed E-state index contributed by atoms with van der Waals surface area (Å²) in [7, 11) is 1.69. The average molecular weight is 328 g/mol. The number of carbonyl (C=O) groups excluding carboxylic acids is 1. The number of aromatic nitrogens is 2. The SMILES string of the molecule is COc1ccccc1N1CCN(C(=O)Cn2nccc2C)[C@@H](C)C1. The van der Waals surface area contributed by atoms with Gasteiger partial charge in [0.15, 0.2) is 0 Å². The Morgan fingerprint density at radius 3 is 2.75 bits per heavy atom. The van der Waals surface area contributed by atoms with Gasteiger partial charge < -0.3 is 14.5 Å². The van der Waals surface area contributed by atoms with E-state index in [4.69, 9.17) is 4.74 Å². The van der Waals surface area contributed by atoms with E-state index in [0.717, 1.165) is 30.2 Å². The van der Waals surface area contributed by atoms with Gasteiger partial charge in [-0.25, -0.2) is 0 Å². The van der Waals surface area contributed by atoms with Gasteiger partial charge in [-0.1, -0.05) is 12.1 Å². The first-order chi connectivity index (χ1) is 11.6. The standard InChI is InChI=1S/C18H24N4O2/c1-14-8-9-19-22(14)13-18(23)21-11-10-20(12-15(21)2)16-6-4-5-7-17(16)24-3/h4-9,15H,10-13H2,1-3H3/t15-/m0/s1. The molecule has 128 valence electrons. The fourth-order valence-electron chi connectivity index (χ4n) is 3.22. The molecule has 1 aromatic heterocycles. The smallest absolute Gasteiger partial charge is 0.244 e. The molecule has 1 aromatic carbocycles.